The van der Waals surface area contributed by atoms with Crippen molar-refractivity contribution < 1.29 is 18.7 Å². The third-order valence-corrected chi connectivity index (χ3v) is 7.24. The quantitative estimate of drug-likeness (QED) is 0.468. The van der Waals surface area contributed by atoms with E-state index in [4.69, 9.17) is 9.15 Å². The lowest BCUT2D eigenvalue weighted by molar-refractivity contribution is 0.0728. The molecule has 9 heteroatoms. The van der Waals surface area contributed by atoms with E-state index in [1.54, 1.807) is 0 Å². The minimum atomic E-state index is -0.202. The molecule has 0 atom stereocenters. The molecule has 2 N–H and O–H groups in total. The molecule has 0 saturated carbocycles. The number of carbonyl (C=O) groups excluding carboxylic acids is 2. The Morgan fingerprint density at radius 1 is 1.03 bits per heavy atom. The second-order valence-electron chi connectivity index (χ2n) is 11.4. The Balaban J connectivity index is 1.36. The molecule has 2 aliphatic heterocycles. The fraction of sp³-hybridized carbons (Fsp3) is 0.433. The number of hydrogen-bond acceptors (Lipinski definition) is 6. The highest BCUT2D eigenvalue weighted by Crippen LogP contribution is 2.36. The van der Waals surface area contributed by atoms with Gasteiger partial charge in [-0.3, -0.25) is 4.79 Å². The van der Waals surface area contributed by atoms with Crippen molar-refractivity contribution >= 4 is 23.3 Å². The number of nitrogens with one attached hydrogen (secondary N) is 2. The smallest absolute Gasteiger partial charge is 0.319 e. The molecule has 206 valence electrons. The minimum absolute atomic E-state index is 0.121. The third-order valence-electron chi connectivity index (χ3n) is 7.24. The summed E-state index contributed by atoms with van der Waals surface area (Å²) in [6.45, 7) is 11.3. The van der Waals surface area contributed by atoms with Crippen LogP contribution in [-0.2, 0) is 17.7 Å². The standard InChI is InChI=1S/C30H37N5O4/c1-30(2,3)9-10-31-29(37)33-24-6-4-21(5-7-24)22-16-23-18-35(28(36)26-19-39-20-32-26)11-8-25(23)27(17-22)34-12-14-38-15-13-34/h4-7,16-17,19-20H,8-15,18H2,1-3H3,(H2,31,33,37). The Labute approximate surface area is 229 Å². The summed E-state index contributed by atoms with van der Waals surface area (Å²) >= 11 is 0. The fourth-order valence-corrected chi connectivity index (χ4v) is 5.06. The van der Waals surface area contributed by atoms with E-state index >= 15 is 0 Å². The summed E-state index contributed by atoms with van der Waals surface area (Å²) in [5.74, 6) is -0.121. The molecule has 1 aromatic heterocycles. The zero-order valence-electron chi connectivity index (χ0n) is 23.0. The molecule has 9 nitrogen and oxygen atoms in total. The van der Waals surface area contributed by atoms with E-state index < -0.39 is 0 Å². The predicted octanol–water partition coefficient (Wildman–Crippen LogP) is 4.93. The summed E-state index contributed by atoms with van der Waals surface area (Å²) in [5.41, 5.74) is 6.99. The number of oxazole rings is 1. The number of hydrogen-bond donors (Lipinski definition) is 2. The van der Waals surface area contributed by atoms with E-state index in [1.807, 2.05) is 29.2 Å². The van der Waals surface area contributed by atoms with Gasteiger partial charge in [0, 0.05) is 44.1 Å². The molecule has 0 radical (unpaired) electrons. The molecule has 3 amide bonds. The summed E-state index contributed by atoms with van der Waals surface area (Å²) in [7, 11) is 0. The number of anilines is 2. The van der Waals surface area contributed by atoms with Gasteiger partial charge in [0.2, 0.25) is 0 Å². The van der Waals surface area contributed by atoms with E-state index in [0.717, 1.165) is 48.3 Å². The van der Waals surface area contributed by atoms with Crippen molar-refractivity contribution in [2.45, 2.75) is 40.2 Å². The Morgan fingerprint density at radius 2 is 1.79 bits per heavy atom. The van der Waals surface area contributed by atoms with E-state index in [9.17, 15) is 9.59 Å². The molecule has 39 heavy (non-hydrogen) atoms. The lowest BCUT2D eigenvalue weighted by Crippen LogP contribution is -2.40. The van der Waals surface area contributed by atoms with E-state index in [-0.39, 0.29) is 17.4 Å². The Morgan fingerprint density at radius 3 is 2.49 bits per heavy atom. The molecule has 1 saturated heterocycles. The molecular formula is C30H37N5O4. The monoisotopic (exact) mass is 531 g/mol. The maximum Gasteiger partial charge on any atom is 0.319 e. The maximum atomic E-state index is 13.0. The van der Waals surface area contributed by atoms with Crippen LogP contribution in [0.3, 0.4) is 0 Å². The first kappa shape index (κ1) is 26.7. The largest absolute Gasteiger partial charge is 0.451 e. The predicted molar refractivity (Wildman–Crippen MR) is 151 cm³/mol. The van der Waals surface area contributed by atoms with Crippen LogP contribution in [0, 0.1) is 5.41 Å². The second kappa shape index (κ2) is 11.5. The summed E-state index contributed by atoms with van der Waals surface area (Å²) < 4.78 is 10.6. The SMILES string of the molecule is CC(C)(C)CCNC(=O)Nc1ccc(-c2cc3c(c(N4CCOCC4)c2)CCN(C(=O)c2cocn2)C3)cc1. The van der Waals surface area contributed by atoms with Gasteiger partial charge in [-0.25, -0.2) is 9.78 Å². The lowest BCUT2D eigenvalue weighted by Gasteiger charge is -2.35. The molecule has 3 heterocycles. The highest BCUT2D eigenvalue weighted by molar-refractivity contribution is 5.92. The number of benzene rings is 2. The zero-order valence-corrected chi connectivity index (χ0v) is 23.0. The first-order valence-corrected chi connectivity index (χ1v) is 13.6. The minimum Gasteiger partial charge on any atom is -0.451 e. The van der Waals surface area contributed by atoms with Gasteiger partial charge in [-0.1, -0.05) is 32.9 Å². The number of ether oxygens (including phenoxy) is 1. The van der Waals surface area contributed by atoms with Crippen LogP contribution in [-0.4, -0.2) is 61.2 Å². The highest BCUT2D eigenvalue weighted by atomic mass is 16.5. The molecule has 1 fully saturated rings. The number of carbonyl (C=O) groups is 2. The normalized spacial score (nSPS) is 15.6. The Bertz CT molecular complexity index is 1290. The van der Waals surface area contributed by atoms with Gasteiger partial charge in [0.25, 0.3) is 5.91 Å². The summed E-state index contributed by atoms with van der Waals surface area (Å²) in [5, 5.41) is 5.85. The van der Waals surface area contributed by atoms with Gasteiger partial charge in [0.1, 0.15) is 6.26 Å². The van der Waals surface area contributed by atoms with Crippen LogP contribution >= 0.6 is 0 Å². The molecule has 0 unspecified atom stereocenters. The Hall–Kier alpha value is -3.85. The van der Waals surface area contributed by atoms with Gasteiger partial charge >= 0.3 is 6.03 Å². The number of amides is 3. The van der Waals surface area contributed by atoms with Gasteiger partial charge in [-0.15, -0.1) is 0 Å². The first-order chi connectivity index (χ1) is 18.8. The lowest BCUT2D eigenvalue weighted by atomic mass is 9.92. The van der Waals surface area contributed by atoms with Crippen LogP contribution in [0.5, 0.6) is 0 Å². The van der Waals surface area contributed by atoms with Crippen LogP contribution in [0.4, 0.5) is 16.2 Å². The number of rotatable bonds is 6. The summed E-state index contributed by atoms with van der Waals surface area (Å²) in [6.07, 6.45) is 4.37. The number of nitrogens with zero attached hydrogens (tertiary/aromatic N) is 3. The van der Waals surface area contributed by atoms with E-state index in [2.05, 4.69) is 53.4 Å². The van der Waals surface area contributed by atoms with Crippen LogP contribution in [0.2, 0.25) is 0 Å². The second-order valence-corrected chi connectivity index (χ2v) is 11.4. The molecular weight excluding hydrogens is 494 g/mol. The number of morpholine rings is 1. The van der Waals surface area contributed by atoms with Crippen molar-refractivity contribution in [1.82, 2.24) is 15.2 Å². The number of aromatic nitrogens is 1. The average Bonchev–Trinajstić information content (AvgIpc) is 3.47. The summed E-state index contributed by atoms with van der Waals surface area (Å²) in [6, 6.07) is 12.1. The molecule has 2 aromatic carbocycles. The van der Waals surface area contributed by atoms with Gasteiger partial charge in [0.05, 0.1) is 13.2 Å². The van der Waals surface area contributed by atoms with Crippen molar-refractivity contribution in [2.24, 2.45) is 5.41 Å². The molecule has 0 aliphatic carbocycles. The van der Waals surface area contributed by atoms with Gasteiger partial charge < -0.3 is 29.6 Å². The molecule has 0 bridgehead atoms. The number of fused-ring (bicyclic) bond motifs is 1. The van der Waals surface area contributed by atoms with E-state index in [1.165, 1.54) is 23.9 Å². The fourth-order valence-electron chi connectivity index (χ4n) is 5.06. The van der Waals surface area contributed by atoms with Crippen molar-refractivity contribution in [1.29, 1.82) is 0 Å². The highest BCUT2D eigenvalue weighted by Gasteiger charge is 2.27. The zero-order chi connectivity index (χ0) is 27.4. The molecule has 2 aliphatic rings. The van der Waals surface area contributed by atoms with Crippen LogP contribution < -0.4 is 15.5 Å². The molecule has 5 rings (SSSR count). The summed E-state index contributed by atoms with van der Waals surface area (Å²) in [4.78, 5) is 33.6. The van der Waals surface area contributed by atoms with Gasteiger partial charge in [0.15, 0.2) is 12.1 Å². The van der Waals surface area contributed by atoms with Gasteiger partial charge in [-0.2, -0.15) is 0 Å². The van der Waals surface area contributed by atoms with Gasteiger partial charge in [-0.05, 0) is 64.8 Å². The molecule has 3 aromatic rings. The third kappa shape index (κ3) is 6.60. The van der Waals surface area contributed by atoms with Crippen molar-refractivity contribution in [2.75, 3.05) is 49.6 Å². The molecule has 0 spiro atoms. The van der Waals surface area contributed by atoms with E-state index in [0.29, 0.717) is 38.5 Å². The van der Waals surface area contributed by atoms with Crippen molar-refractivity contribution in [3.8, 4) is 11.1 Å². The average molecular weight is 532 g/mol. The van der Waals surface area contributed by atoms with Crippen LogP contribution in [0.25, 0.3) is 11.1 Å². The maximum absolute atomic E-state index is 13.0. The van der Waals surface area contributed by atoms with Crippen LogP contribution in [0.15, 0.2) is 53.5 Å². The Kier molecular flexibility index (Phi) is 7.88. The topological polar surface area (TPSA) is 99.9 Å². The first-order valence-electron chi connectivity index (χ1n) is 13.6. The number of urea groups is 1. The van der Waals surface area contributed by atoms with Crippen molar-refractivity contribution in [3.05, 3.63) is 65.9 Å². The van der Waals surface area contributed by atoms with Crippen LogP contribution in [0.1, 0.15) is 48.8 Å². The van der Waals surface area contributed by atoms with Crippen molar-refractivity contribution in [3.63, 3.8) is 0 Å².